The summed E-state index contributed by atoms with van der Waals surface area (Å²) in [7, 11) is 0. The lowest BCUT2D eigenvalue weighted by molar-refractivity contribution is -0.00397. The molecule has 0 amide bonds. The van der Waals surface area contributed by atoms with E-state index in [4.69, 9.17) is 4.74 Å². The number of hydrogen-bond donors (Lipinski definition) is 4. The molecule has 198 valence electrons. The smallest absolute Gasteiger partial charge is 0.339 e. The summed E-state index contributed by atoms with van der Waals surface area (Å²) in [6.07, 6.45) is -0.199. The minimum atomic E-state index is -1.18. The molecule has 0 bridgehead atoms. The number of fused-ring (bicyclic) bond motifs is 1. The van der Waals surface area contributed by atoms with Gasteiger partial charge in [-0.25, -0.2) is 4.79 Å². The fraction of sp³-hybridized carbons (Fsp3) is 0.281. The van der Waals surface area contributed by atoms with Gasteiger partial charge in [-0.2, -0.15) is 0 Å². The van der Waals surface area contributed by atoms with Crippen molar-refractivity contribution in [2.75, 3.05) is 13.2 Å². The summed E-state index contributed by atoms with van der Waals surface area (Å²) in [6.45, 7) is 6.70. The Bertz CT molecular complexity index is 1410. The summed E-state index contributed by atoms with van der Waals surface area (Å²) in [5.41, 5.74) is 3.28. The van der Waals surface area contributed by atoms with Crippen molar-refractivity contribution in [2.45, 2.75) is 44.9 Å². The quantitative estimate of drug-likeness (QED) is 0.198. The third kappa shape index (κ3) is 6.78. The van der Waals surface area contributed by atoms with E-state index in [1.807, 2.05) is 43.3 Å². The van der Waals surface area contributed by atoms with E-state index in [9.17, 15) is 20.1 Å². The van der Waals surface area contributed by atoms with E-state index in [2.05, 4.69) is 49.5 Å². The number of hydrogen-bond acceptors (Lipinski definition) is 5. The van der Waals surface area contributed by atoms with Crippen molar-refractivity contribution in [2.24, 2.45) is 0 Å². The molecule has 0 saturated heterocycles. The summed E-state index contributed by atoms with van der Waals surface area (Å²) in [6, 6.07) is 26.9. The van der Waals surface area contributed by atoms with Gasteiger partial charge in [0.15, 0.2) is 0 Å². The zero-order valence-electron chi connectivity index (χ0n) is 22.0. The predicted molar refractivity (Wildman–Crippen MR) is 151 cm³/mol. The Morgan fingerprint density at radius 1 is 0.947 bits per heavy atom. The molecule has 0 aromatic heterocycles. The highest BCUT2D eigenvalue weighted by Crippen LogP contribution is 2.33. The second-order valence-corrected chi connectivity index (χ2v) is 10.4. The van der Waals surface area contributed by atoms with Crippen LogP contribution in [0.5, 0.6) is 5.75 Å². The molecular formula is C32H35NO5. The molecule has 0 aliphatic rings. The van der Waals surface area contributed by atoms with Crippen LogP contribution in [0.4, 0.5) is 0 Å². The van der Waals surface area contributed by atoms with E-state index in [0.29, 0.717) is 12.1 Å². The van der Waals surface area contributed by atoms with Gasteiger partial charge < -0.3 is 25.4 Å². The van der Waals surface area contributed by atoms with Gasteiger partial charge in [-0.05, 0) is 72.4 Å². The number of ether oxygens (including phenoxy) is 1. The minimum absolute atomic E-state index is 0.144. The van der Waals surface area contributed by atoms with Crippen LogP contribution < -0.4 is 5.32 Å². The molecule has 0 aliphatic heterocycles. The topological polar surface area (TPSA) is 99.0 Å². The SMILES string of the molecule is C[C@@H](OC[C@H](O)CNC(C)(C)Cc1ccc2ccccc2c1)c1ccccc1-c1ccc(C(=O)O)c(O)c1. The molecule has 0 fully saturated rings. The highest BCUT2D eigenvalue weighted by Gasteiger charge is 2.21. The number of aromatic hydroxyl groups is 1. The van der Waals surface area contributed by atoms with E-state index >= 15 is 0 Å². The lowest BCUT2D eigenvalue weighted by Gasteiger charge is -2.28. The highest BCUT2D eigenvalue weighted by atomic mass is 16.5. The molecular weight excluding hydrogens is 478 g/mol. The second-order valence-electron chi connectivity index (χ2n) is 10.4. The number of carboxylic acids is 1. The number of carbonyl (C=O) groups is 1. The van der Waals surface area contributed by atoms with Crippen molar-refractivity contribution in [3.8, 4) is 16.9 Å². The minimum Gasteiger partial charge on any atom is -0.507 e. The number of β-amino-alcohol motifs (C(OH)–C–C–N with tert-alkyl or cyclic N) is 1. The molecule has 4 rings (SSSR count). The first-order valence-corrected chi connectivity index (χ1v) is 12.8. The van der Waals surface area contributed by atoms with Crippen LogP contribution in [-0.4, -0.2) is 46.1 Å². The first kappa shape index (κ1) is 27.3. The van der Waals surface area contributed by atoms with Crippen molar-refractivity contribution in [3.05, 3.63) is 102 Å². The molecule has 38 heavy (non-hydrogen) atoms. The maximum atomic E-state index is 11.2. The Kier molecular flexibility index (Phi) is 8.47. The van der Waals surface area contributed by atoms with Gasteiger partial charge >= 0.3 is 5.97 Å². The van der Waals surface area contributed by atoms with Gasteiger partial charge in [-0.15, -0.1) is 0 Å². The largest absolute Gasteiger partial charge is 0.507 e. The van der Waals surface area contributed by atoms with Crippen LogP contribution in [0.3, 0.4) is 0 Å². The summed E-state index contributed by atoms with van der Waals surface area (Å²) in [4.78, 5) is 11.2. The molecule has 2 atom stereocenters. The molecule has 6 heteroatoms. The van der Waals surface area contributed by atoms with Crippen molar-refractivity contribution in [1.82, 2.24) is 5.32 Å². The second kappa shape index (κ2) is 11.8. The molecule has 0 unspecified atom stereocenters. The molecule has 6 nitrogen and oxygen atoms in total. The maximum Gasteiger partial charge on any atom is 0.339 e. The molecule has 4 aromatic carbocycles. The number of aliphatic hydroxyl groups is 1. The van der Waals surface area contributed by atoms with Crippen molar-refractivity contribution in [3.63, 3.8) is 0 Å². The van der Waals surface area contributed by atoms with E-state index in [1.54, 1.807) is 6.07 Å². The average Bonchev–Trinajstić information content (AvgIpc) is 2.90. The number of benzene rings is 4. The van der Waals surface area contributed by atoms with Gasteiger partial charge in [0.05, 0.1) is 18.8 Å². The molecule has 0 radical (unpaired) electrons. The number of rotatable bonds is 11. The van der Waals surface area contributed by atoms with Crippen LogP contribution in [0.1, 0.15) is 48.4 Å². The highest BCUT2D eigenvalue weighted by molar-refractivity contribution is 5.92. The van der Waals surface area contributed by atoms with Gasteiger partial charge in [0.1, 0.15) is 11.3 Å². The van der Waals surface area contributed by atoms with E-state index in [0.717, 1.165) is 17.5 Å². The van der Waals surface area contributed by atoms with E-state index < -0.39 is 12.1 Å². The fourth-order valence-corrected chi connectivity index (χ4v) is 4.71. The lowest BCUT2D eigenvalue weighted by atomic mass is 9.93. The van der Waals surface area contributed by atoms with Crippen LogP contribution in [0.2, 0.25) is 0 Å². The summed E-state index contributed by atoms with van der Waals surface area (Å²) in [5.74, 6) is -1.46. The van der Waals surface area contributed by atoms with E-state index in [1.165, 1.54) is 28.5 Å². The number of carboxylic acid groups (broad SMARTS) is 1. The molecule has 4 aromatic rings. The number of aliphatic hydroxyl groups excluding tert-OH is 1. The Balaban J connectivity index is 1.34. The zero-order chi connectivity index (χ0) is 27.3. The maximum absolute atomic E-state index is 11.2. The van der Waals surface area contributed by atoms with Gasteiger partial charge in [-0.3, -0.25) is 0 Å². The number of aromatic carboxylic acids is 1. The predicted octanol–water partition coefficient (Wildman–Crippen LogP) is 5.96. The van der Waals surface area contributed by atoms with Gasteiger partial charge in [-0.1, -0.05) is 72.8 Å². The summed E-state index contributed by atoms with van der Waals surface area (Å²) in [5, 5.41) is 35.9. The molecule has 4 N–H and O–H groups in total. The summed E-state index contributed by atoms with van der Waals surface area (Å²) >= 11 is 0. The summed E-state index contributed by atoms with van der Waals surface area (Å²) < 4.78 is 6.03. The van der Waals surface area contributed by atoms with Crippen molar-refractivity contribution >= 4 is 16.7 Å². The fourth-order valence-electron chi connectivity index (χ4n) is 4.71. The third-order valence-corrected chi connectivity index (χ3v) is 6.75. The lowest BCUT2D eigenvalue weighted by Crippen LogP contribution is -2.46. The van der Waals surface area contributed by atoms with Gasteiger partial charge in [0, 0.05) is 12.1 Å². The van der Waals surface area contributed by atoms with Crippen molar-refractivity contribution in [1.29, 1.82) is 0 Å². The van der Waals surface area contributed by atoms with E-state index in [-0.39, 0.29) is 29.6 Å². The normalized spacial score (nSPS) is 13.4. The molecule has 0 spiro atoms. The number of nitrogens with one attached hydrogen (secondary N) is 1. The van der Waals surface area contributed by atoms with Crippen LogP contribution in [0.25, 0.3) is 21.9 Å². The Hall–Kier alpha value is -3.71. The van der Waals surface area contributed by atoms with Crippen LogP contribution in [0, 0.1) is 0 Å². The van der Waals surface area contributed by atoms with Crippen LogP contribution >= 0.6 is 0 Å². The molecule has 0 aliphatic carbocycles. The van der Waals surface area contributed by atoms with Crippen LogP contribution in [0.15, 0.2) is 84.9 Å². The average molecular weight is 514 g/mol. The van der Waals surface area contributed by atoms with Crippen molar-refractivity contribution < 1.29 is 24.9 Å². The van der Waals surface area contributed by atoms with Gasteiger partial charge in [0.2, 0.25) is 0 Å². The Labute approximate surface area is 223 Å². The van der Waals surface area contributed by atoms with Gasteiger partial charge in [0.25, 0.3) is 0 Å². The third-order valence-electron chi connectivity index (χ3n) is 6.75. The standard InChI is InChI=1S/C32H35NO5/c1-21(27-10-6-7-11-28(27)25-14-15-29(31(36)37)30(35)17-25)38-20-26(34)19-33-32(2,3)18-22-12-13-23-8-4-5-9-24(23)16-22/h4-17,21,26,33-35H,18-20H2,1-3H3,(H,36,37)/t21-,26-/m1/s1. The Morgan fingerprint density at radius 3 is 2.39 bits per heavy atom. The van der Waals surface area contributed by atoms with Crippen LogP contribution in [-0.2, 0) is 11.2 Å². The first-order chi connectivity index (χ1) is 18.1. The first-order valence-electron chi connectivity index (χ1n) is 12.8. The monoisotopic (exact) mass is 513 g/mol. The number of phenols is 1. The molecule has 0 saturated carbocycles. The Morgan fingerprint density at radius 2 is 1.66 bits per heavy atom. The molecule has 0 heterocycles. The zero-order valence-corrected chi connectivity index (χ0v) is 22.0.